The number of ether oxygens (including phenoxy) is 1. The number of anilines is 2. The van der Waals surface area contributed by atoms with Gasteiger partial charge in [0.2, 0.25) is 0 Å². The minimum atomic E-state index is -0.307. The lowest BCUT2D eigenvalue weighted by Crippen LogP contribution is -2.42. The Bertz CT molecular complexity index is 494. The fraction of sp³-hybridized carbons (Fsp3) is 0.538. The molecule has 2 heterocycles. The predicted octanol–water partition coefficient (Wildman–Crippen LogP) is 2.00. The van der Waals surface area contributed by atoms with Crippen LogP contribution < -0.4 is 10.2 Å². The first-order valence-electron chi connectivity index (χ1n) is 6.54. The van der Waals surface area contributed by atoms with E-state index in [-0.39, 0.29) is 22.8 Å². The maximum Gasteiger partial charge on any atom is 0.315 e. The molecular formula is C13H17N3O3. The van der Waals surface area contributed by atoms with E-state index < -0.39 is 0 Å². The van der Waals surface area contributed by atoms with Crippen LogP contribution in [-0.4, -0.2) is 37.3 Å². The quantitative estimate of drug-likeness (QED) is 0.667. The summed E-state index contributed by atoms with van der Waals surface area (Å²) in [5, 5.41) is 14.2. The Labute approximate surface area is 111 Å². The molecule has 2 aliphatic rings. The van der Waals surface area contributed by atoms with Crippen molar-refractivity contribution in [2.45, 2.75) is 25.0 Å². The van der Waals surface area contributed by atoms with Gasteiger partial charge in [-0.1, -0.05) is 6.07 Å². The number of hydrogen-bond donors (Lipinski definition) is 1. The molecule has 1 aromatic rings. The number of nitrogens with zero attached hydrogens (tertiary/aromatic N) is 2. The molecule has 0 amide bonds. The Morgan fingerprint density at radius 2 is 2.05 bits per heavy atom. The van der Waals surface area contributed by atoms with Crippen LogP contribution in [0.15, 0.2) is 18.2 Å². The van der Waals surface area contributed by atoms with E-state index in [1.165, 1.54) is 0 Å². The Morgan fingerprint density at radius 3 is 2.63 bits per heavy atom. The molecule has 2 bridgehead atoms. The van der Waals surface area contributed by atoms with Gasteiger partial charge in [-0.2, -0.15) is 0 Å². The molecule has 2 fully saturated rings. The van der Waals surface area contributed by atoms with Crippen LogP contribution in [0.5, 0.6) is 0 Å². The smallest absolute Gasteiger partial charge is 0.315 e. The van der Waals surface area contributed by atoms with Gasteiger partial charge in [-0.05, 0) is 25.0 Å². The summed E-state index contributed by atoms with van der Waals surface area (Å²) in [6.45, 7) is 1.48. The minimum absolute atomic E-state index is 0.159. The highest BCUT2D eigenvalue weighted by Gasteiger charge is 2.36. The molecule has 0 saturated carbocycles. The molecule has 2 atom stereocenters. The monoisotopic (exact) mass is 263 g/mol. The number of fused-ring (bicyclic) bond motifs is 2. The maximum atomic E-state index is 11.3. The molecule has 19 heavy (non-hydrogen) atoms. The standard InChI is InChI=1S/C13H17N3O3/c1-14-11-3-2-4-12(13(11)16(17)18)15-7-9-5-6-10(8-15)19-9/h2-4,9-10,14H,5-8H2,1H3. The van der Waals surface area contributed by atoms with Gasteiger partial charge >= 0.3 is 5.69 Å². The van der Waals surface area contributed by atoms with E-state index in [0.29, 0.717) is 11.4 Å². The second-order valence-corrected chi connectivity index (χ2v) is 5.04. The molecule has 0 aromatic heterocycles. The van der Waals surface area contributed by atoms with Crippen LogP contribution in [0.1, 0.15) is 12.8 Å². The lowest BCUT2D eigenvalue weighted by Gasteiger charge is -2.33. The molecule has 6 nitrogen and oxygen atoms in total. The van der Waals surface area contributed by atoms with Gasteiger partial charge in [0.25, 0.3) is 0 Å². The summed E-state index contributed by atoms with van der Waals surface area (Å²) in [4.78, 5) is 13.1. The SMILES string of the molecule is CNc1cccc(N2CC3CCC(C2)O3)c1[N+](=O)[O-]. The molecule has 1 aromatic carbocycles. The normalized spacial score (nSPS) is 25.4. The van der Waals surface area contributed by atoms with Crippen LogP contribution in [0.2, 0.25) is 0 Å². The fourth-order valence-electron chi connectivity index (χ4n) is 2.99. The number of morpholine rings is 1. The van der Waals surface area contributed by atoms with Gasteiger partial charge in [-0.3, -0.25) is 10.1 Å². The largest absolute Gasteiger partial charge is 0.382 e. The Hall–Kier alpha value is -1.82. The van der Waals surface area contributed by atoms with E-state index in [1.807, 2.05) is 12.1 Å². The topological polar surface area (TPSA) is 67.6 Å². The highest BCUT2D eigenvalue weighted by atomic mass is 16.6. The van der Waals surface area contributed by atoms with Gasteiger partial charge in [-0.15, -0.1) is 0 Å². The van der Waals surface area contributed by atoms with Crippen molar-refractivity contribution in [2.24, 2.45) is 0 Å². The highest BCUT2D eigenvalue weighted by Crippen LogP contribution is 2.38. The molecule has 102 valence electrons. The van der Waals surface area contributed by atoms with Crippen molar-refractivity contribution in [3.8, 4) is 0 Å². The van der Waals surface area contributed by atoms with Crippen LogP contribution in [0.25, 0.3) is 0 Å². The van der Waals surface area contributed by atoms with Crippen LogP contribution in [0, 0.1) is 10.1 Å². The number of hydrogen-bond acceptors (Lipinski definition) is 5. The van der Waals surface area contributed by atoms with Gasteiger partial charge in [0.05, 0.1) is 17.1 Å². The molecule has 0 aliphatic carbocycles. The van der Waals surface area contributed by atoms with E-state index in [2.05, 4.69) is 10.2 Å². The van der Waals surface area contributed by atoms with Crippen molar-refractivity contribution in [1.82, 2.24) is 0 Å². The molecular weight excluding hydrogens is 246 g/mol. The lowest BCUT2D eigenvalue weighted by atomic mass is 10.2. The maximum absolute atomic E-state index is 11.3. The van der Waals surface area contributed by atoms with E-state index >= 15 is 0 Å². The van der Waals surface area contributed by atoms with Gasteiger partial charge in [0, 0.05) is 20.1 Å². The lowest BCUT2D eigenvalue weighted by molar-refractivity contribution is -0.383. The summed E-state index contributed by atoms with van der Waals surface area (Å²) in [5.41, 5.74) is 1.41. The fourth-order valence-corrected chi connectivity index (χ4v) is 2.99. The molecule has 1 N–H and O–H groups in total. The average Bonchev–Trinajstić information content (AvgIpc) is 2.76. The molecule has 3 rings (SSSR count). The van der Waals surface area contributed by atoms with Crippen molar-refractivity contribution in [3.63, 3.8) is 0 Å². The van der Waals surface area contributed by atoms with Gasteiger partial charge in [0.1, 0.15) is 11.4 Å². The summed E-state index contributed by atoms with van der Waals surface area (Å²) in [7, 11) is 1.70. The van der Waals surface area contributed by atoms with E-state index in [4.69, 9.17) is 4.74 Å². The number of rotatable bonds is 3. The first-order chi connectivity index (χ1) is 9.19. The van der Waals surface area contributed by atoms with Crippen LogP contribution >= 0.6 is 0 Å². The van der Waals surface area contributed by atoms with Gasteiger partial charge < -0.3 is 15.0 Å². The highest BCUT2D eigenvalue weighted by molar-refractivity contribution is 5.77. The Morgan fingerprint density at radius 1 is 1.37 bits per heavy atom. The zero-order chi connectivity index (χ0) is 13.4. The van der Waals surface area contributed by atoms with Crippen molar-refractivity contribution < 1.29 is 9.66 Å². The second-order valence-electron chi connectivity index (χ2n) is 5.04. The summed E-state index contributed by atoms with van der Waals surface area (Å²) in [6, 6.07) is 5.41. The molecule has 6 heteroatoms. The van der Waals surface area contributed by atoms with Gasteiger partial charge in [0.15, 0.2) is 0 Å². The van der Waals surface area contributed by atoms with Crippen molar-refractivity contribution >= 4 is 17.1 Å². The first-order valence-corrected chi connectivity index (χ1v) is 6.54. The van der Waals surface area contributed by atoms with Crippen LogP contribution in [0.3, 0.4) is 0 Å². The molecule has 2 unspecified atom stereocenters. The summed E-state index contributed by atoms with van der Waals surface area (Å²) in [5.74, 6) is 0. The van der Waals surface area contributed by atoms with Gasteiger partial charge in [-0.25, -0.2) is 0 Å². The molecule has 2 saturated heterocycles. The van der Waals surface area contributed by atoms with Crippen molar-refractivity contribution in [1.29, 1.82) is 0 Å². The van der Waals surface area contributed by atoms with Crippen LogP contribution in [0.4, 0.5) is 17.1 Å². The number of nitrogens with one attached hydrogen (secondary N) is 1. The number of benzene rings is 1. The first kappa shape index (κ1) is 12.2. The zero-order valence-electron chi connectivity index (χ0n) is 10.8. The predicted molar refractivity (Wildman–Crippen MR) is 72.8 cm³/mol. The molecule has 0 radical (unpaired) electrons. The zero-order valence-corrected chi connectivity index (χ0v) is 10.8. The third-order valence-corrected chi connectivity index (χ3v) is 3.85. The minimum Gasteiger partial charge on any atom is -0.382 e. The average molecular weight is 263 g/mol. The third-order valence-electron chi connectivity index (χ3n) is 3.85. The van der Waals surface area contributed by atoms with Crippen LogP contribution in [-0.2, 0) is 4.74 Å². The second kappa shape index (κ2) is 4.70. The summed E-state index contributed by atoms with van der Waals surface area (Å²) < 4.78 is 5.78. The number of para-hydroxylation sites is 1. The van der Waals surface area contributed by atoms with E-state index in [9.17, 15) is 10.1 Å². The molecule has 2 aliphatic heterocycles. The Kier molecular flexibility index (Phi) is 3.02. The van der Waals surface area contributed by atoms with Crippen molar-refractivity contribution in [3.05, 3.63) is 28.3 Å². The Balaban J connectivity index is 1.98. The summed E-state index contributed by atoms with van der Waals surface area (Å²) >= 11 is 0. The van der Waals surface area contributed by atoms with E-state index in [1.54, 1.807) is 13.1 Å². The third kappa shape index (κ3) is 2.12. The van der Waals surface area contributed by atoms with Crippen molar-refractivity contribution in [2.75, 3.05) is 30.4 Å². The number of nitro benzene ring substituents is 1. The summed E-state index contributed by atoms with van der Waals surface area (Å²) in [6.07, 6.45) is 2.55. The molecule has 0 spiro atoms. The van der Waals surface area contributed by atoms with E-state index in [0.717, 1.165) is 25.9 Å². The number of nitro groups is 1.